The Morgan fingerprint density at radius 2 is 1.54 bits per heavy atom. The first-order valence-electron chi connectivity index (χ1n) is 12.3. The van der Waals surface area contributed by atoms with E-state index >= 15 is 0 Å². The molecule has 0 aliphatic carbocycles. The normalized spacial score (nSPS) is 12.9. The summed E-state index contributed by atoms with van der Waals surface area (Å²) in [7, 11) is -4.24. The second-order valence-corrected chi connectivity index (χ2v) is 12.1. The molecule has 0 radical (unpaired) electrons. The number of sulfonamides is 1. The minimum atomic E-state index is -4.24. The number of hydrogen-bond acceptors (Lipinski definition) is 4. The van der Waals surface area contributed by atoms with Crippen LogP contribution in [-0.2, 0) is 26.2 Å². The zero-order chi connectivity index (χ0) is 28.7. The van der Waals surface area contributed by atoms with Crippen LogP contribution in [0.2, 0.25) is 15.1 Å². The Morgan fingerprint density at radius 1 is 0.897 bits per heavy atom. The van der Waals surface area contributed by atoms with Gasteiger partial charge in [-0.3, -0.25) is 13.9 Å². The molecular weight excluding hydrogens is 581 g/mol. The van der Waals surface area contributed by atoms with Crippen LogP contribution >= 0.6 is 34.8 Å². The molecular formula is C28H30Cl3N3O4S. The SMILES string of the molecule is CC[C@H](C)NC(=O)[C@@H](C)N(Cc1ccccc1Cl)C(=O)CN(c1ccc(Cl)cc1Cl)S(=O)(=O)c1ccccc1. The minimum absolute atomic E-state index is 0.0127. The Morgan fingerprint density at radius 3 is 2.15 bits per heavy atom. The number of nitrogens with zero attached hydrogens (tertiary/aromatic N) is 2. The molecule has 0 saturated carbocycles. The van der Waals surface area contributed by atoms with Gasteiger partial charge in [0.15, 0.2) is 0 Å². The van der Waals surface area contributed by atoms with Crippen molar-refractivity contribution in [1.29, 1.82) is 0 Å². The molecule has 0 aliphatic rings. The van der Waals surface area contributed by atoms with Crippen molar-refractivity contribution in [2.75, 3.05) is 10.8 Å². The lowest BCUT2D eigenvalue weighted by Gasteiger charge is -2.33. The Hall–Kier alpha value is -2.78. The van der Waals surface area contributed by atoms with Gasteiger partial charge in [-0.15, -0.1) is 0 Å². The second-order valence-electron chi connectivity index (χ2n) is 9.03. The molecule has 0 aliphatic heterocycles. The molecule has 39 heavy (non-hydrogen) atoms. The summed E-state index contributed by atoms with van der Waals surface area (Å²) in [5.41, 5.74) is 0.686. The summed E-state index contributed by atoms with van der Waals surface area (Å²) < 4.78 is 28.5. The van der Waals surface area contributed by atoms with Crippen molar-refractivity contribution in [2.45, 2.75) is 50.7 Å². The van der Waals surface area contributed by atoms with Crippen LogP contribution in [-0.4, -0.2) is 43.8 Å². The molecule has 0 saturated heterocycles. The zero-order valence-corrected chi connectivity index (χ0v) is 24.9. The first-order chi connectivity index (χ1) is 18.4. The fourth-order valence-electron chi connectivity index (χ4n) is 3.77. The largest absolute Gasteiger partial charge is 0.352 e. The van der Waals surface area contributed by atoms with Crippen molar-refractivity contribution in [3.05, 3.63) is 93.4 Å². The predicted molar refractivity (Wildman–Crippen MR) is 157 cm³/mol. The fraction of sp³-hybridized carbons (Fsp3) is 0.286. The number of anilines is 1. The highest BCUT2D eigenvalue weighted by atomic mass is 35.5. The molecule has 2 amide bonds. The van der Waals surface area contributed by atoms with E-state index in [4.69, 9.17) is 34.8 Å². The van der Waals surface area contributed by atoms with E-state index in [0.717, 1.165) is 4.31 Å². The van der Waals surface area contributed by atoms with Gasteiger partial charge in [-0.1, -0.05) is 78.1 Å². The van der Waals surface area contributed by atoms with Gasteiger partial charge in [-0.05, 0) is 62.2 Å². The number of benzene rings is 3. The van der Waals surface area contributed by atoms with E-state index in [-0.39, 0.29) is 34.1 Å². The van der Waals surface area contributed by atoms with Gasteiger partial charge in [-0.25, -0.2) is 8.42 Å². The predicted octanol–water partition coefficient (Wildman–Crippen LogP) is 6.17. The maximum Gasteiger partial charge on any atom is 0.264 e. The molecule has 7 nitrogen and oxygen atoms in total. The van der Waals surface area contributed by atoms with Gasteiger partial charge in [-0.2, -0.15) is 0 Å². The van der Waals surface area contributed by atoms with Gasteiger partial charge in [0.05, 0.1) is 15.6 Å². The van der Waals surface area contributed by atoms with Crippen LogP contribution in [0.15, 0.2) is 77.7 Å². The van der Waals surface area contributed by atoms with Crippen LogP contribution in [0.5, 0.6) is 0 Å². The maximum absolute atomic E-state index is 13.9. The van der Waals surface area contributed by atoms with E-state index in [1.54, 1.807) is 49.4 Å². The number of halogens is 3. The molecule has 0 bridgehead atoms. The molecule has 2 atom stereocenters. The Bertz CT molecular complexity index is 1420. The van der Waals surface area contributed by atoms with Gasteiger partial charge >= 0.3 is 0 Å². The quantitative estimate of drug-likeness (QED) is 0.281. The molecule has 0 fully saturated rings. The number of carbonyl (C=O) groups excluding carboxylic acids is 2. The van der Waals surface area contributed by atoms with E-state index in [1.165, 1.54) is 35.2 Å². The van der Waals surface area contributed by atoms with Gasteiger partial charge < -0.3 is 10.2 Å². The number of amides is 2. The average Bonchev–Trinajstić information content (AvgIpc) is 2.91. The summed E-state index contributed by atoms with van der Waals surface area (Å²) >= 11 is 18.9. The Balaban J connectivity index is 2.06. The van der Waals surface area contributed by atoms with Gasteiger partial charge in [0.2, 0.25) is 11.8 Å². The lowest BCUT2D eigenvalue weighted by atomic mass is 10.1. The summed E-state index contributed by atoms with van der Waals surface area (Å²) in [5, 5.41) is 3.66. The molecule has 3 rings (SSSR count). The summed E-state index contributed by atoms with van der Waals surface area (Å²) in [6, 6.07) is 18.0. The highest BCUT2D eigenvalue weighted by Crippen LogP contribution is 2.33. The van der Waals surface area contributed by atoms with Crippen molar-refractivity contribution in [1.82, 2.24) is 10.2 Å². The monoisotopic (exact) mass is 609 g/mol. The number of rotatable bonds is 11. The van der Waals surface area contributed by atoms with Crippen LogP contribution in [0, 0.1) is 0 Å². The van der Waals surface area contributed by atoms with Crippen LogP contribution in [0.1, 0.15) is 32.8 Å². The second kappa shape index (κ2) is 13.5. The third-order valence-electron chi connectivity index (χ3n) is 6.26. The third kappa shape index (κ3) is 7.66. The summed E-state index contributed by atoms with van der Waals surface area (Å²) in [4.78, 5) is 28.3. The number of hydrogen-bond donors (Lipinski definition) is 1. The molecule has 1 N–H and O–H groups in total. The number of carbonyl (C=O) groups is 2. The van der Waals surface area contributed by atoms with E-state index < -0.39 is 28.5 Å². The first-order valence-corrected chi connectivity index (χ1v) is 14.9. The van der Waals surface area contributed by atoms with Crippen molar-refractivity contribution < 1.29 is 18.0 Å². The molecule has 0 spiro atoms. The van der Waals surface area contributed by atoms with E-state index in [0.29, 0.717) is 22.0 Å². The van der Waals surface area contributed by atoms with E-state index in [2.05, 4.69) is 5.32 Å². The van der Waals surface area contributed by atoms with Crippen molar-refractivity contribution in [3.8, 4) is 0 Å². The average molecular weight is 611 g/mol. The molecule has 0 heterocycles. The van der Waals surface area contributed by atoms with Crippen LogP contribution < -0.4 is 9.62 Å². The molecule has 11 heteroatoms. The van der Waals surface area contributed by atoms with Gasteiger partial charge in [0.1, 0.15) is 12.6 Å². The highest BCUT2D eigenvalue weighted by Gasteiger charge is 2.33. The smallest absolute Gasteiger partial charge is 0.264 e. The lowest BCUT2D eigenvalue weighted by Crippen LogP contribution is -2.52. The first kappa shape index (κ1) is 30.8. The summed E-state index contributed by atoms with van der Waals surface area (Å²) in [6.45, 7) is 4.76. The molecule has 208 valence electrons. The molecule has 0 aromatic heterocycles. The Labute approximate surface area is 244 Å². The van der Waals surface area contributed by atoms with E-state index in [9.17, 15) is 18.0 Å². The van der Waals surface area contributed by atoms with Gasteiger partial charge in [0.25, 0.3) is 10.0 Å². The van der Waals surface area contributed by atoms with Gasteiger partial charge in [0, 0.05) is 22.6 Å². The van der Waals surface area contributed by atoms with Crippen molar-refractivity contribution >= 4 is 62.3 Å². The van der Waals surface area contributed by atoms with Crippen molar-refractivity contribution in [3.63, 3.8) is 0 Å². The lowest BCUT2D eigenvalue weighted by molar-refractivity contribution is -0.139. The minimum Gasteiger partial charge on any atom is -0.352 e. The van der Waals surface area contributed by atoms with Crippen LogP contribution in [0.25, 0.3) is 0 Å². The molecule has 3 aromatic carbocycles. The fourth-order valence-corrected chi connectivity index (χ4v) is 5.99. The van der Waals surface area contributed by atoms with E-state index in [1.807, 2.05) is 13.8 Å². The zero-order valence-electron chi connectivity index (χ0n) is 21.8. The third-order valence-corrected chi connectivity index (χ3v) is 8.94. The highest BCUT2D eigenvalue weighted by molar-refractivity contribution is 7.92. The maximum atomic E-state index is 13.9. The summed E-state index contributed by atoms with van der Waals surface area (Å²) in [6.07, 6.45) is 0.703. The number of nitrogens with one attached hydrogen (secondary N) is 1. The van der Waals surface area contributed by atoms with Crippen LogP contribution in [0.4, 0.5) is 5.69 Å². The Kier molecular flexibility index (Phi) is 10.7. The topological polar surface area (TPSA) is 86.8 Å². The summed E-state index contributed by atoms with van der Waals surface area (Å²) in [5.74, 6) is -0.987. The van der Waals surface area contributed by atoms with Crippen LogP contribution in [0.3, 0.4) is 0 Å². The standard InChI is InChI=1S/C28H30Cl3N3O4S/c1-4-19(2)32-28(36)20(3)33(17-21-10-8-9-13-24(21)30)27(35)18-34(26-15-14-22(29)16-25(26)31)39(37,38)23-11-6-5-7-12-23/h5-16,19-20H,4,17-18H2,1-3H3,(H,32,36)/t19-,20+/m0/s1. The van der Waals surface area contributed by atoms with Crippen molar-refractivity contribution in [2.24, 2.45) is 0 Å². The molecule has 0 unspecified atom stereocenters. The molecule has 3 aromatic rings.